The molecule has 2 aromatic rings. The summed E-state index contributed by atoms with van der Waals surface area (Å²) in [5.74, 6) is 1.49. The van der Waals surface area contributed by atoms with Gasteiger partial charge < -0.3 is 14.6 Å². The van der Waals surface area contributed by atoms with Gasteiger partial charge in [-0.3, -0.25) is 4.79 Å². The van der Waals surface area contributed by atoms with Gasteiger partial charge in [0.2, 0.25) is 5.91 Å². The van der Waals surface area contributed by atoms with Crippen LogP contribution < -0.4 is 5.32 Å². The summed E-state index contributed by atoms with van der Waals surface area (Å²) in [7, 11) is 0. The lowest BCUT2D eigenvalue weighted by atomic mass is 9.87. The van der Waals surface area contributed by atoms with Crippen LogP contribution >= 0.6 is 23.1 Å². The zero-order valence-corrected chi connectivity index (χ0v) is 22.0. The van der Waals surface area contributed by atoms with Crippen molar-refractivity contribution in [1.82, 2.24) is 14.8 Å². The second kappa shape index (κ2) is 12.2. The summed E-state index contributed by atoms with van der Waals surface area (Å²) < 4.78 is 7.47. The molecule has 1 fully saturated rings. The Bertz CT molecular complexity index is 995. The van der Waals surface area contributed by atoms with Crippen molar-refractivity contribution in [3.8, 4) is 0 Å². The van der Waals surface area contributed by atoms with E-state index in [0.717, 1.165) is 55.2 Å². The van der Waals surface area contributed by atoms with Crippen LogP contribution in [0, 0.1) is 5.92 Å². The molecule has 0 aromatic carbocycles. The van der Waals surface area contributed by atoms with Crippen molar-refractivity contribution in [2.24, 2.45) is 5.92 Å². The molecule has 2 aliphatic carbocycles. The van der Waals surface area contributed by atoms with Gasteiger partial charge in [-0.25, -0.2) is 4.79 Å². The molecule has 2 aromatic heterocycles. The smallest absolute Gasteiger partial charge is 0.341 e. The number of nitrogens with one attached hydrogen (secondary N) is 1. The van der Waals surface area contributed by atoms with E-state index >= 15 is 0 Å². The lowest BCUT2D eigenvalue weighted by molar-refractivity contribution is -0.113. The predicted octanol–water partition coefficient (Wildman–Crippen LogP) is 5.66. The van der Waals surface area contributed by atoms with Crippen LogP contribution in [0.1, 0.15) is 91.8 Å². The van der Waals surface area contributed by atoms with Crippen molar-refractivity contribution >= 4 is 40.0 Å². The zero-order chi connectivity index (χ0) is 23.9. The summed E-state index contributed by atoms with van der Waals surface area (Å²) in [6, 6.07) is 0. The van der Waals surface area contributed by atoms with Crippen LogP contribution in [0.3, 0.4) is 0 Å². The second-order valence-electron chi connectivity index (χ2n) is 9.18. The number of hydrogen-bond donors (Lipinski definition) is 1. The molecule has 7 nitrogen and oxygen atoms in total. The third-order valence-corrected chi connectivity index (χ3v) is 8.97. The summed E-state index contributed by atoms with van der Waals surface area (Å²) in [6.07, 6.45) is 12.7. The maximum atomic E-state index is 12.9. The number of carbonyl (C=O) groups excluding carboxylic acids is 2. The standard InChI is InChI=1S/C25H36N4O3S2/c1-3-29-20(15-17-11-7-5-8-12-17)27-28-25(29)33-16-21(30)26-23-22(24(31)32-4-2)18-13-9-6-10-14-19(18)34-23/h17H,3-16H2,1-2H3,(H,26,30). The molecule has 0 unspecified atom stereocenters. The topological polar surface area (TPSA) is 86.1 Å². The van der Waals surface area contributed by atoms with Crippen LogP contribution in [-0.2, 0) is 35.3 Å². The minimum Gasteiger partial charge on any atom is -0.462 e. The Balaban J connectivity index is 1.42. The molecular formula is C25H36N4O3S2. The number of amides is 1. The molecule has 2 aliphatic rings. The number of esters is 1. The monoisotopic (exact) mass is 504 g/mol. The molecule has 4 rings (SSSR count). The van der Waals surface area contributed by atoms with Crippen molar-refractivity contribution in [3.05, 3.63) is 21.8 Å². The van der Waals surface area contributed by atoms with Crippen molar-refractivity contribution in [3.63, 3.8) is 0 Å². The van der Waals surface area contributed by atoms with Gasteiger partial charge >= 0.3 is 5.97 Å². The Kier molecular flexibility index (Phi) is 9.05. The Morgan fingerprint density at radius 1 is 1.09 bits per heavy atom. The maximum absolute atomic E-state index is 12.9. The van der Waals surface area contributed by atoms with Gasteiger partial charge in [-0.05, 0) is 51.0 Å². The van der Waals surface area contributed by atoms with Gasteiger partial charge in [0.05, 0.1) is 17.9 Å². The molecule has 0 radical (unpaired) electrons. The highest BCUT2D eigenvalue weighted by molar-refractivity contribution is 7.99. The largest absolute Gasteiger partial charge is 0.462 e. The van der Waals surface area contributed by atoms with Crippen LogP contribution in [0.2, 0.25) is 0 Å². The molecule has 0 saturated heterocycles. The number of fused-ring (bicyclic) bond motifs is 1. The minimum absolute atomic E-state index is 0.133. The highest BCUT2D eigenvalue weighted by Crippen LogP contribution is 2.38. The second-order valence-corrected chi connectivity index (χ2v) is 11.2. The summed E-state index contributed by atoms with van der Waals surface area (Å²) >= 11 is 2.95. The maximum Gasteiger partial charge on any atom is 0.341 e. The Hall–Kier alpha value is -1.87. The van der Waals surface area contributed by atoms with Gasteiger partial charge in [-0.15, -0.1) is 21.5 Å². The number of aromatic nitrogens is 3. The molecule has 1 amide bonds. The third-order valence-electron chi connectivity index (χ3n) is 6.79. The number of thiophene rings is 1. The molecule has 9 heteroatoms. The fourth-order valence-electron chi connectivity index (χ4n) is 5.09. The summed E-state index contributed by atoms with van der Waals surface area (Å²) in [4.78, 5) is 26.8. The number of thioether (sulfide) groups is 1. The fourth-order valence-corrected chi connectivity index (χ4v) is 7.20. The van der Waals surface area contributed by atoms with Crippen LogP contribution in [0.15, 0.2) is 5.16 Å². The molecule has 34 heavy (non-hydrogen) atoms. The lowest BCUT2D eigenvalue weighted by Gasteiger charge is -2.21. The van der Waals surface area contributed by atoms with E-state index in [1.807, 2.05) is 6.92 Å². The van der Waals surface area contributed by atoms with Crippen molar-refractivity contribution in [1.29, 1.82) is 0 Å². The van der Waals surface area contributed by atoms with E-state index in [-0.39, 0.29) is 17.6 Å². The number of ether oxygens (including phenoxy) is 1. The minimum atomic E-state index is -0.331. The summed E-state index contributed by atoms with van der Waals surface area (Å²) in [5.41, 5.74) is 1.63. The number of aryl methyl sites for hydroxylation is 1. The average molecular weight is 505 g/mol. The van der Waals surface area contributed by atoms with Gasteiger partial charge in [0, 0.05) is 17.8 Å². The van der Waals surface area contributed by atoms with E-state index in [1.54, 1.807) is 0 Å². The van der Waals surface area contributed by atoms with Gasteiger partial charge in [0.1, 0.15) is 10.8 Å². The van der Waals surface area contributed by atoms with Crippen molar-refractivity contribution in [2.45, 2.75) is 96.2 Å². The van der Waals surface area contributed by atoms with Crippen molar-refractivity contribution in [2.75, 3.05) is 17.7 Å². The molecule has 0 bridgehead atoms. The Labute approximate surface area is 210 Å². The summed E-state index contributed by atoms with van der Waals surface area (Å²) in [6.45, 7) is 5.03. The van der Waals surface area contributed by atoms with Gasteiger partial charge in [0.15, 0.2) is 5.16 Å². The first-order valence-electron chi connectivity index (χ1n) is 12.8. The van der Waals surface area contributed by atoms with E-state index in [0.29, 0.717) is 23.1 Å². The first-order valence-corrected chi connectivity index (χ1v) is 14.6. The fraction of sp³-hybridized carbons (Fsp3) is 0.680. The molecule has 1 N–H and O–H groups in total. The average Bonchev–Trinajstić information content (AvgIpc) is 3.29. The third kappa shape index (κ3) is 6.03. The molecule has 2 heterocycles. The first-order chi connectivity index (χ1) is 16.6. The summed E-state index contributed by atoms with van der Waals surface area (Å²) in [5, 5.41) is 13.3. The molecule has 0 aliphatic heterocycles. The van der Waals surface area contributed by atoms with Gasteiger partial charge in [-0.2, -0.15) is 0 Å². The van der Waals surface area contributed by atoms with E-state index in [2.05, 4.69) is 27.0 Å². The molecule has 186 valence electrons. The SMILES string of the molecule is CCOC(=O)c1c(NC(=O)CSc2nnc(CC3CCCCC3)n2CC)sc2c1CCCCC2. The number of nitrogens with zero attached hydrogens (tertiary/aromatic N) is 3. The van der Waals surface area contributed by atoms with Gasteiger partial charge in [0.25, 0.3) is 0 Å². The number of rotatable bonds is 9. The Morgan fingerprint density at radius 2 is 1.85 bits per heavy atom. The first kappa shape index (κ1) is 25.2. The van der Waals surface area contributed by atoms with Crippen LogP contribution in [0.4, 0.5) is 5.00 Å². The van der Waals surface area contributed by atoms with E-state index in [9.17, 15) is 9.59 Å². The number of hydrogen-bond acceptors (Lipinski definition) is 7. The van der Waals surface area contributed by atoms with E-state index in [4.69, 9.17) is 4.74 Å². The molecule has 0 atom stereocenters. The highest BCUT2D eigenvalue weighted by Gasteiger charge is 2.27. The predicted molar refractivity (Wildman–Crippen MR) is 137 cm³/mol. The molecule has 1 saturated carbocycles. The van der Waals surface area contributed by atoms with Crippen LogP contribution in [0.25, 0.3) is 0 Å². The quantitative estimate of drug-likeness (QED) is 0.269. The lowest BCUT2D eigenvalue weighted by Crippen LogP contribution is -2.17. The van der Waals surface area contributed by atoms with E-state index in [1.165, 1.54) is 66.5 Å². The zero-order valence-electron chi connectivity index (χ0n) is 20.4. The normalized spacial score (nSPS) is 16.6. The van der Waals surface area contributed by atoms with Crippen molar-refractivity contribution < 1.29 is 14.3 Å². The Morgan fingerprint density at radius 3 is 2.62 bits per heavy atom. The van der Waals surface area contributed by atoms with Gasteiger partial charge in [-0.1, -0.05) is 50.3 Å². The number of anilines is 1. The molecule has 0 spiro atoms. The van der Waals surface area contributed by atoms with Crippen LogP contribution in [0.5, 0.6) is 0 Å². The molecular weight excluding hydrogens is 468 g/mol. The number of carbonyl (C=O) groups is 2. The van der Waals surface area contributed by atoms with E-state index < -0.39 is 0 Å². The highest BCUT2D eigenvalue weighted by atomic mass is 32.2. The van der Waals surface area contributed by atoms with Crippen LogP contribution in [-0.4, -0.2) is 39.0 Å².